The SMILES string of the molecule is CC1(C)Cc2c(ccn2CC(C2CC2)C2CC2)C(N)C1. The predicted octanol–water partition coefficient (Wildman–Crippen LogP) is 3.90. The second-order valence-corrected chi connectivity index (χ2v) is 8.36. The largest absolute Gasteiger partial charge is 0.351 e. The summed E-state index contributed by atoms with van der Waals surface area (Å²) < 4.78 is 2.57. The van der Waals surface area contributed by atoms with Gasteiger partial charge in [-0.05, 0) is 73.3 Å². The van der Waals surface area contributed by atoms with Crippen molar-refractivity contribution in [2.45, 2.75) is 65.0 Å². The van der Waals surface area contributed by atoms with Gasteiger partial charge in [0, 0.05) is 24.5 Å². The molecule has 2 saturated carbocycles. The van der Waals surface area contributed by atoms with Gasteiger partial charge in [-0.25, -0.2) is 0 Å². The summed E-state index contributed by atoms with van der Waals surface area (Å²) in [5, 5.41) is 0. The van der Waals surface area contributed by atoms with Gasteiger partial charge >= 0.3 is 0 Å². The first-order valence-electron chi connectivity index (χ1n) is 8.47. The van der Waals surface area contributed by atoms with E-state index in [9.17, 15) is 0 Å². The number of fused-ring (bicyclic) bond motifs is 1. The Morgan fingerprint density at radius 2 is 1.90 bits per heavy atom. The topological polar surface area (TPSA) is 30.9 Å². The number of hydrogen-bond acceptors (Lipinski definition) is 1. The van der Waals surface area contributed by atoms with Gasteiger partial charge in [0.05, 0.1) is 0 Å². The molecule has 20 heavy (non-hydrogen) atoms. The van der Waals surface area contributed by atoms with E-state index in [2.05, 4.69) is 30.7 Å². The van der Waals surface area contributed by atoms with Crippen molar-refractivity contribution in [1.82, 2.24) is 4.57 Å². The Kier molecular flexibility index (Phi) is 2.82. The van der Waals surface area contributed by atoms with Crippen LogP contribution < -0.4 is 5.73 Å². The van der Waals surface area contributed by atoms with Gasteiger partial charge in [-0.15, -0.1) is 0 Å². The standard InChI is InChI=1S/C18H28N2/c1-18(2)9-16(19)14-7-8-20(17(14)10-18)11-15(12-3-4-12)13-5-6-13/h7-8,12-13,15-16H,3-6,9-11,19H2,1-2H3. The predicted molar refractivity (Wildman–Crippen MR) is 82.4 cm³/mol. The molecule has 3 aliphatic carbocycles. The average Bonchev–Trinajstić information content (AvgIpc) is 3.24. The fourth-order valence-electron chi connectivity index (χ4n) is 4.42. The van der Waals surface area contributed by atoms with Crippen LogP contribution in [-0.2, 0) is 13.0 Å². The Bertz CT molecular complexity index is 493. The molecular formula is C18H28N2. The zero-order chi connectivity index (χ0) is 13.9. The Hall–Kier alpha value is -0.760. The zero-order valence-corrected chi connectivity index (χ0v) is 12.9. The molecule has 1 heterocycles. The number of nitrogens with two attached hydrogens (primary N) is 1. The maximum Gasteiger partial charge on any atom is 0.0318 e. The van der Waals surface area contributed by atoms with E-state index in [1.807, 2.05) is 0 Å². The molecule has 1 unspecified atom stereocenters. The Morgan fingerprint density at radius 1 is 1.25 bits per heavy atom. The van der Waals surface area contributed by atoms with E-state index < -0.39 is 0 Å². The van der Waals surface area contributed by atoms with Crippen LogP contribution in [0.25, 0.3) is 0 Å². The van der Waals surface area contributed by atoms with E-state index in [1.54, 1.807) is 5.69 Å². The van der Waals surface area contributed by atoms with E-state index >= 15 is 0 Å². The molecule has 1 aromatic heterocycles. The van der Waals surface area contributed by atoms with E-state index in [0.29, 0.717) is 5.41 Å². The monoisotopic (exact) mass is 272 g/mol. The van der Waals surface area contributed by atoms with Crippen molar-refractivity contribution in [3.8, 4) is 0 Å². The fraction of sp³-hybridized carbons (Fsp3) is 0.778. The van der Waals surface area contributed by atoms with Crippen molar-refractivity contribution in [1.29, 1.82) is 0 Å². The van der Waals surface area contributed by atoms with Gasteiger partial charge in [-0.2, -0.15) is 0 Å². The summed E-state index contributed by atoms with van der Waals surface area (Å²) in [6.45, 7) is 5.99. The lowest BCUT2D eigenvalue weighted by Gasteiger charge is -2.35. The quantitative estimate of drug-likeness (QED) is 0.885. The van der Waals surface area contributed by atoms with Crippen molar-refractivity contribution in [3.63, 3.8) is 0 Å². The van der Waals surface area contributed by atoms with E-state index in [-0.39, 0.29) is 6.04 Å². The van der Waals surface area contributed by atoms with Gasteiger partial charge < -0.3 is 10.3 Å². The summed E-state index contributed by atoms with van der Waals surface area (Å²) >= 11 is 0. The number of aromatic nitrogens is 1. The number of nitrogens with zero attached hydrogens (tertiary/aromatic N) is 1. The third-order valence-corrected chi connectivity index (χ3v) is 5.79. The molecule has 2 heteroatoms. The highest BCUT2D eigenvalue weighted by Gasteiger charge is 2.42. The molecule has 0 radical (unpaired) electrons. The van der Waals surface area contributed by atoms with Crippen molar-refractivity contribution < 1.29 is 0 Å². The summed E-state index contributed by atoms with van der Waals surface area (Å²) in [6.07, 6.45) is 10.6. The third kappa shape index (κ3) is 2.32. The van der Waals surface area contributed by atoms with Crippen LogP contribution in [0.1, 0.15) is 63.3 Å². The highest BCUT2D eigenvalue weighted by molar-refractivity contribution is 5.30. The van der Waals surface area contributed by atoms with Crippen LogP contribution in [0.15, 0.2) is 12.3 Å². The summed E-state index contributed by atoms with van der Waals surface area (Å²) in [4.78, 5) is 0. The first kappa shape index (κ1) is 12.9. The van der Waals surface area contributed by atoms with Crippen molar-refractivity contribution in [3.05, 3.63) is 23.5 Å². The molecule has 0 amide bonds. The van der Waals surface area contributed by atoms with Gasteiger partial charge in [-0.1, -0.05) is 13.8 Å². The molecule has 4 rings (SSSR count). The van der Waals surface area contributed by atoms with Gasteiger partial charge in [0.1, 0.15) is 0 Å². The van der Waals surface area contributed by atoms with Crippen molar-refractivity contribution >= 4 is 0 Å². The third-order valence-electron chi connectivity index (χ3n) is 5.79. The van der Waals surface area contributed by atoms with E-state index in [4.69, 9.17) is 5.73 Å². The summed E-state index contributed by atoms with van der Waals surface area (Å²) in [5.41, 5.74) is 9.72. The van der Waals surface area contributed by atoms with Crippen LogP contribution >= 0.6 is 0 Å². The van der Waals surface area contributed by atoms with Gasteiger partial charge in [0.15, 0.2) is 0 Å². The first-order valence-corrected chi connectivity index (χ1v) is 8.47. The molecule has 2 N–H and O–H groups in total. The molecule has 0 aromatic carbocycles. The molecule has 0 bridgehead atoms. The molecule has 0 aliphatic heterocycles. The summed E-state index contributed by atoms with van der Waals surface area (Å²) in [5.74, 6) is 3.02. The lowest BCUT2D eigenvalue weighted by molar-refractivity contribution is 0.267. The zero-order valence-electron chi connectivity index (χ0n) is 12.9. The Balaban J connectivity index is 1.60. The van der Waals surface area contributed by atoms with Gasteiger partial charge in [-0.3, -0.25) is 0 Å². The van der Waals surface area contributed by atoms with Crippen LogP contribution in [-0.4, -0.2) is 4.57 Å². The highest BCUT2D eigenvalue weighted by Crippen LogP contribution is 2.50. The normalized spacial score (nSPS) is 28.7. The smallest absolute Gasteiger partial charge is 0.0318 e. The molecule has 110 valence electrons. The van der Waals surface area contributed by atoms with Crippen LogP contribution in [0.3, 0.4) is 0 Å². The molecule has 3 aliphatic rings. The average molecular weight is 272 g/mol. The van der Waals surface area contributed by atoms with Crippen LogP contribution in [0.4, 0.5) is 0 Å². The van der Waals surface area contributed by atoms with Crippen LogP contribution in [0, 0.1) is 23.2 Å². The fourth-order valence-corrected chi connectivity index (χ4v) is 4.42. The first-order chi connectivity index (χ1) is 9.53. The minimum Gasteiger partial charge on any atom is -0.351 e. The minimum absolute atomic E-state index is 0.246. The molecule has 1 atom stereocenters. The molecular weight excluding hydrogens is 244 g/mol. The van der Waals surface area contributed by atoms with E-state index in [0.717, 1.165) is 24.2 Å². The van der Waals surface area contributed by atoms with Crippen molar-refractivity contribution in [2.75, 3.05) is 0 Å². The minimum atomic E-state index is 0.246. The molecule has 2 fully saturated rings. The van der Waals surface area contributed by atoms with Gasteiger partial charge in [0.2, 0.25) is 0 Å². The summed E-state index contributed by atoms with van der Waals surface area (Å²) in [7, 11) is 0. The second kappa shape index (κ2) is 4.37. The highest BCUT2D eigenvalue weighted by atomic mass is 15.0. The molecule has 1 aromatic rings. The van der Waals surface area contributed by atoms with Crippen molar-refractivity contribution in [2.24, 2.45) is 28.9 Å². The Labute approximate surface area is 122 Å². The lowest BCUT2D eigenvalue weighted by Crippen LogP contribution is -2.31. The number of hydrogen-bond donors (Lipinski definition) is 1. The molecule has 0 saturated heterocycles. The van der Waals surface area contributed by atoms with Crippen LogP contribution in [0.2, 0.25) is 0 Å². The van der Waals surface area contributed by atoms with Gasteiger partial charge in [0.25, 0.3) is 0 Å². The second-order valence-electron chi connectivity index (χ2n) is 8.36. The molecule has 2 nitrogen and oxygen atoms in total. The Morgan fingerprint density at radius 3 is 2.50 bits per heavy atom. The maximum absolute atomic E-state index is 6.40. The maximum atomic E-state index is 6.40. The number of rotatable bonds is 4. The van der Waals surface area contributed by atoms with E-state index in [1.165, 1.54) is 44.2 Å². The van der Waals surface area contributed by atoms with Crippen LogP contribution in [0.5, 0.6) is 0 Å². The summed E-state index contributed by atoms with van der Waals surface area (Å²) in [6, 6.07) is 2.54. The molecule has 0 spiro atoms. The lowest BCUT2D eigenvalue weighted by atomic mass is 9.74.